The summed E-state index contributed by atoms with van der Waals surface area (Å²) in [6.45, 7) is 0. The molecule has 5 heteroatoms. The number of hydrogen-bond donors (Lipinski definition) is 1. The molecule has 2 N–H and O–H groups in total. The van der Waals surface area contributed by atoms with E-state index in [9.17, 15) is 8.42 Å². The number of nitrogens with two attached hydrogens (primary N) is 1. The number of benzene rings is 1. The first-order valence-corrected chi connectivity index (χ1v) is 7.33. The van der Waals surface area contributed by atoms with Crippen molar-refractivity contribution in [1.82, 2.24) is 4.98 Å². The maximum atomic E-state index is 11.5. The molecule has 1 unspecified atom stereocenters. The van der Waals surface area contributed by atoms with Gasteiger partial charge in [0.05, 0.1) is 10.9 Å². The van der Waals surface area contributed by atoms with Gasteiger partial charge in [-0.2, -0.15) is 0 Å². The molecule has 94 valence electrons. The number of sulfone groups is 1. The topological polar surface area (TPSA) is 73.0 Å². The first-order valence-electron chi connectivity index (χ1n) is 5.44. The van der Waals surface area contributed by atoms with Crippen LogP contribution < -0.4 is 5.73 Å². The maximum absolute atomic E-state index is 11.5. The number of rotatable bonds is 3. The van der Waals surface area contributed by atoms with Crippen LogP contribution in [0.3, 0.4) is 0 Å². The Morgan fingerprint density at radius 2 is 1.89 bits per heavy atom. The van der Waals surface area contributed by atoms with Crippen LogP contribution >= 0.6 is 0 Å². The van der Waals surface area contributed by atoms with Gasteiger partial charge in [0.15, 0.2) is 9.84 Å². The lowest BCUT2D eigenvalue weighted by molar-refractivity contribution is 0.601. The Morgan fingerprint density at radius 1 is 1.17 bits per heavy atom. The number of nitrogens with zero attached hydrogens (tertiary/aromatic N) is 1. The van der Waals surface area contributed by atoms with Crippen LogP contribution in [0.2, 0.25) is 0 Å². The SMILES string of the molecule is CS(=O)(=O)c1cccc(C(N)c2cccnc2)c1. The summed E-state index contributed by atoms with van der Waals surface area (Å²) in [6.07, 6.45) is 4.53. The van der Waals surface area contributed by atoms with Crippen molar-refractivity contribution in [3.8, 4) is 0 Å². The Bertz CT molecular complexity index is 639. The van der Waals surface area contributed by atoms with Gasteiger partial charge in [-0.15, -0.1) is 0 Å². The molecule has 0 aliphatic rings. The summed E-state index contributed by atoms with van der Waals surface area (Å²) in [6, 6.07) is 9.97. The van der Waals surface area contributed by atoms with Gasteiger partial charge in [-0.3, -0.25) is 4.98 Å². The van der Waals surface area contributed by atoms with E-state index in [4.69, 9.17) is 5.73 Å². The third kappa shape index (κ3) is 2.75. The van der Waals surface area contributed by atoms with Crippen molar-refractivity contribution in [3.63, 3.8) is 0 Å². The second kappa shape index (κ2) is 4.88. The fourth-order valence-corrected chi connectivity index (χ4v) is 2.37. The van der Waals surface area contributed by atoms with Crippen molar-refractivity contribution in [2.75, 3.05) is 6.26 Å². The van der Waals surface area contributed by atoms with Gasteiger partial charge in [-0.05, 0) is 29.3 Å². The van der Waals surface area contributed by atoms with E-state index in [-0.39, 0.29) is 10.9 Å². The molecule has 0 aliphatic carbocycles. The fraction of sp³-hybridized carbons (Fsp3) is 0.154. The maximum Gasteiger partial charge on any atom is 0.175 e. The zero-order chi connectivity index (χ0) is 13.2. The summed E-state index contributed by atoms with van der Waals surface area (Å²) in [5, 5.41) is 0. The van der Waals surface area contributed by atoms with Crippen LogP contribution in [0.1, 0.15) is 17.2 Å². The fourth-order valence-electron chi connectivity index (χ4n) is 1.69. The molecule has 0 spiro atoms. The second-order valence-corrected chi connectivity index (χ2v) is 6.12. The van der Waals surface area contributed by atoms with Gasteiger partial charge in [0.1, 0.15) is 0 Å². The van der Waals surface area contributed by atoms with Crippen molar-refractivity contribution in [1.29, 1.82) is 0 Å². The largest absolute Gasteiger partial charge is 0.320 e. The first kappa shape index (κ1) is 12.7. The Hall–Kier alpha value is -1.72. The van der Waals surface area contributed by atoms with E-state index in [1.165, 1.54) is 6.26 Å². The normalized spacial score (nSPS) is 13.2. The third-order valence-electron chi connectivity index (χ3n) is 2.69. The minimum atomic E-state index is -3.21. The van der Waals surface area contributed by atoms with E-state index in [1.807, 2.05) is 12.1 Å². The van der Waals surface area contributed by atoms with Crippen molar-refractivity contribution in [3.05, 3.63) is 59.9 Å². The van der Waals surface area contributed by atoms with Crippen molar-refractivity contribution in [2.24, 2.45) is 5.73 Å². The molecule has 0 saturated heterocycles. The van der Waals surface area contributed by atoms with Crippen LogP contribution in [0.4, 0.5) is 0 Å². The summed E-state index contributed by atoms with van der Waals surface area (Å²) in [5.41, 5.74) is 7.70. The standard InChI is InChI=1S/C13H14N2O2S/c1-18(16,17)12-6-2-4-10(8-12)13(14)11-5-3-7-15-9-11/h2-9,13H,14H2,1H3. The molecule has 4 nitrogen and oxygen atoms in total. The molecule has 0 aliphatic heterocycles. The molecule has 18 heavy (non-hydrogen) atoms. The smallest absolute Gasteiger partial charge is 0.175 e. The van der Waals surface area contributed by atoms with Crippen LogP contribution in [-0.2, 0) is 9.84 Å². The lowest BCUT2D eigenvalue weighted by Crippen LogP contribution is -2.12. The summed E-state index contributed by atoms with van der Waals surface area (Å²) in [5.74, 6) is 0. The van der Waals surface area contributed by atoms with Gasteiger partial charge in [0.25, 0.3) is 0 Å². The molecular weight excluding hydrogens is 248 g/mol. The van der Waals surface area contributed by atoms with Crippen molar-refractivity contribution < 1.29 is 8.42 Å². The quantitative estimate of drug-likeness (QED) is 0.910. The predicted octanol–water partition coefficient (Wildman–Crippen LogP) is 1.53. The summed E-state index contributed by atoms with van der Waals surface area (Å²) >= 11 is 0. The van der Waals surface area contributed by atoms with E-state index < -0.39 is 9.84 Å². The lowest BCUT2D eigenvalue weighted by atomic mass is 10.0. The highest BCUT2D eigenvalue weighted by Crippen LogP contribution is 2.21. The molecule has 1 aromatic carbocycles. The highest BCUT2D eigenvalue weighted by atomic mass is 32.2. The van der Waals surface area contributed by atoms with Crippen molar-refractivity contribution >= 4 is 9.84 Å². The number of pyridine rings is 1. The first-order chi connectivity index (χ1) is 8.48. The Kier molecular flexibility index (Phi) is 3.45. The molecule has 0 saturated carbocycles. The molecular formula is C13H14N2O2S. The van der Waals surface area contributed by atoms with Crippen LogP contribution in [0, 0.1) is 0 Å². The predicted molar refractivity (Wildman–Crippen MR) is 69.8 cm³/mol. The van der Waals surface area contributed by atoms with Crippen LogP contribution in [0.25, 0.3) is 0 Å². The van der Waals surface area contributed by atoms with E-state index in [0.29, 0.717) is 0 Å². The van der Waals surface area contributed by atoms with Gasteiger partial charge in [-0.25, -0.2) is 8.42 Å². The minimum absolute atomic E-state index is 0.277. The second-order valence-electron chi connectivity index (χ2n) is 4.11. The van der Waals surface area contributed by atoms with Gasteiger partial charge in [-0.1, -0.05) is 18.2 Å². The van der Waals surface area contributed by atoms with Crippen LogP contribution in [0.15, 0.2) is 53.7 Å². The van der Waals surface area contributed by atoms with Crippen molar-refractivity contribution in [2.45, 2.75) is 10.9 Å². The Morgan fingerprint density at radius 3 is 2.50 bits per heavy atom. The summed E-state index contributed by atoms with van der Waals surface area (Å²) in [7, 11) is -3.21. The average Bonchev–Trinajstić information content (AvgIpc) is 2.38. The van der Waals surface area contributed by atoms with E-state index in [0.717, 1.165) is 11.1 Å². The van der Waals surface area contributed by atoms with Gasteiger partial charge in [0.2, 0.25) is 0 Å². The summed E-state index contributed by atoms with van der Waals surface area (Å²) in [4.78, 5) is 4.28. The monoisotopic (exact) mass is 262 g/mol. The molecule has 1 atom stereocenters. The highest BCUT2D eigenvalue weighted by molar-refractivity contribution is 7.90. The number of aromatic nitrogens is 1. The molecule has 0 bridgehead atoms. The van der Waals surface area contributed by atoms with Gasteiger partial charge >= 0.3 is 0 Å². The molecule has 0 radical (unpaired) electrons. The van der Waals surface area contributed by atoms with Gasteiger partial charge < -0.3 is 5.73 Å². The zero-order valence-electron chi connectivity index (χ0n) is 9.95. The Balaban J connectivity index is 2.41. The lowest BCUT2D eigenvalue weighted by Gasteiger charge is -2.12. The summed E-state index contributed by atoms with van der Waals surface area (Å²) < 4.78 is 23.0. The molecule has 0 amide bonds. The Labute approximate surface area is 106 Å². The minimum Gasteiger partial charge on any atom is -0.320 e. The molecule has 0 fully saturated rings. The number of hydrogen-bond acceptors (Lipinski definition) is 4. The average molecular weight is 262 g/mol. The van der Waals surface area contributed by atoms with E-state index in [2.05, 4.69) is 4.98 Å². The molecule has 2 aromatic rings. The molecule has 1 heterocycles. The molecule has 1 aromatic heterocycles. The molecule has 2 rings (SSSR count). The van der Waals surface area contributed by atoms with Gasteiger partial charge in [0, 0.05) is 18.6 Å². The van der Waals surface area contributed by atoms with Crippen LogP contribution in [-0.4, -0.2) is 19.7 Å². The zero-order valence-corrected chi connectivity index (χ0v) is 10.8. The highest BCUT2D eigenvalue weighted by Gasteiger charge is 2.12. The van der Waals surface area contributed by atoms with Crippen LogP contribution in [0.5, 0.6) is 0 Å². The third-order valence-corrected chi connectivity index (χ3v) is 3.80. The van der Waals surface area contributed by atoms with E-state index in [1.54, 1.807) is 36.7 Å². The van der Waals surface area contributed by atoms with E-state index >= 15 is 0 Å².